The first-order valence-electron chi connectivity index (χ1n) is 7.00. The Morgan fingerprint density at radius 1 is 1.17 bits per heavy atom. The third-order valence-corrected chi connectivity index (χ3v) is 3.62. The third-order valence-electron chi connectivity index (χ3n) is 3.25. The third kappa shape index (κ3) is 4.70. The Balaban J connectivity index is 1.96. The highest BCUT2D eigenvalue weighted by molar-refractivity contribution is 6.31. The summed E-state index contributed by atoms with van der Waals surface area (Å²) >= 11 is 6.10. The molecule has 118 valence electrons. The summed E-state index contributed by atoms with van der Waals surface area (Å²) in [4.78, 5) is 4.08. The van der Waals surface area contributed by atoms with Crippen LogP contribution in [0.1, 0.15) is 16.7 Å². The lowest BCUT2D eigenvalue weighted by atomic mass is 10.1. The van der Waals surface area contributed by atoms with Crippen LogP contribution in [-0.4, -0.2) is 13.0 Å². The molecule has 0 spiro atoms. The zero-order valence-corrected chi connectivity index (χ0v) is 13.4. The van der Waals surface area contributed by atoms with Crippen LogP contribution in [0.4, 0.5) is 4.39 Å². The van der Waals surface area contributed by atoms with E-state index in [1.54, 1.807) is 7.05 Å². The second kappa shape index (κ2) is 8.16. The maximum absolute atomic E-state index is 13.7. The number of aliphatic imine (C=N–C) groups is 1. The first-order chi connectivity index (χ1) is 11.1. The zero-order chi connectivity index (χ0) is 16.7. The molecule has 2 aromatic rings. The van der Waals surface area contributed by atoms with Gasteiger partial charge in [0.05, 0.1) is 11.6 Å². The molecule has 2 rings (SSSR count). The molecular weight excluding hydrogens is 315 g/mol. The maximum atomic E-state index is 13.7. The van der Waals surface area contributed by atoms with Crippen molar-refractivity contribution >= 4 is 17.6 Å². The molecular formula is C17H16ClFN4. The number of hydrogen-bond donors (Lipinski definition) is 2. The van der Waals surface area contributed by atoms with Gasteiger partial charge in [-0.05, 0) is 29.8 Å². The fraction of sp³-hybridized carbons (Fsp3) is 0.176. The summed E-state index contributed by atoms with van der Waals surface area (Å²) < 4.78 is 13.7. The fourth-order valence-electron chi connectivity index (χ4n) is 2.00. The van der Waals surface area contributed by atoms with Crippen molar-refractivity contribution in [1.82, 2.24) is 10.6 Å². The summed E-state index contributed by atoms with van der Waals surface area (Å²) in [5.41, 5.74) is 1.77. The van der Waals surface area contributed by atoms with Gasteiger partial charge in [0, 0.05) is 30.7 Å². The highest BCUT2D eigenvalue weighted by atomic mass is 35.5. The number of halogens is 2. The van der Waals surface area contributed by atoms with Crippen molar-refractivity contribution in [3.8, 4) is 6.07 Å². The van der Waals surface area contributed by atoms with Gasteiger partial charge in [0.15, 0.2) is 5.96 Å². The number of benzene rings is 2. The van der Waals surface area contributed by atoms with Gasteiger partial charge < -0.3 is 10.6 Å². The molecule has 0 aliphatic carbocycles. The van der Waals surface area contributed by atoms with Gasteiger partial charge >= 0.3 is 0 Å². The van der Waals surface area contributed by atoms with Crippen molar-refractivity contribution in [1.29, 1.82) is 5.26 Å². The summed E-state index contributed by atoms with van der Waals surface area (Å²) in [6.07, 6.45) is 0. The molecule has 4 nitrogen and oxygen atoms in total. The summed E-state index contributed by atoms with van der Waals surface area (Å²) in [7, 11) is 1.63. The minimum absolute atomic E-state index is 0.226. The van der Waals surface area contributed by atoms with E-state index in [-0.39, 0.29) is 12.4 Å². The molecule has 0 radical (unpaired) electrons. The van der Waals surface area contributed by atoms with Crippen LogP contribution in [0.25, 0.3) is 0 Å². The number of nitrogens with one attached hydrogen (secondary N) is 2. The topological polar surface area (TPSA) is 60.2 Å². The lowest BCUT2D eigenvalue weighted by Crippen LogP contribution is -2.36. The van der Waals surface area contributed by atoms with Crippen LogP contribution in [0.3, 0.4) is 0 Å². The van der Waals surface area contributed by atoms with E-state index in [1.807, 2.05) is 30.3 Å². The second-order valence-corrected chi connectivity index (χ2v) is 5.20. The van der Waals surface area contributed by atoms with Crippen molar-refractivity contribution in [3.63, 3.8) is 0 Å². The maximum Gasteiger partial charge on any atom is 0.191 e. The first kappa shape index (κ1) is 16.8. The standard InChI is InChI=1S/C17H16ClFN4/c1-21-17(22-10-13-4-2-3-5-15(13)18)23-11-14-8-12(9-20)6-7-16(14)19/h2-8H,10-11H2,1H3,(H2,21,22,23). The van der Waals surface area contributed by atoms with Gasteiger partial charge in [-0.25, -0.2) is 4.39 Å². The van der Waals surface area contributed by atoms with E-state index in [4.69, 9.17) is 16.9 Å². The van der Waals surface area contributed by atoms with E-state index in [0.29, 0.717) is 28.7 Å². The van der Waals surface area contributed by atoms with E-state index in [2.05, 4.69) is 15.6 Å². The molecule has 0 aliphatic rings. The number of nitriles is 1. The minimum Gasteiger partial charge on any atom is -0.352 e. The van der Waals surface area contributed by atoms with Crippen LogP contribution < -0.4 is 10.6 Å². The number of guanidine groups is 1. The van der Waals surface area contributed by atoms with E-state index >= 15 is 0 Å². The molecule has 0 unspecified atom stereocenters. The number of nitrogens with zero attached hydrogens (tertiary/aromatic N) is 2. The molecule has 6 heteroatoms. The monoisotopic (exact) mass is 330 g/mol. The minimum atomic E-state index is -0.363. The normalized spacial score (nSPS) is 11.0. The molecule has 0 saturated heterocycles. The Morgan fingerprint density at radius 3 is 2.52 bits per heavy atom. The lowest BCUT2D eigenvalue weighted by Gasteiger charge is -2.13. The van der Waals surface area contributed by atoms with Crippen LogP contribution >= 0.6 is 11.6 Å². The largest absolute Gasteiger partial charge is 0.352 e. The molecule has 0 fully saturated rings. The predicted molar refractivity (Wildman–Crippen MR) is 89.6 cm³/mol. The van der Waals surface area contributed by atoms with Gasteiger partial charge in [-0.3, -0.25) is 4.99 Å². The van der Waals surface area contributed by atoms with E-state index < -0.39 is 0 Å². The van der Waals surface area contributed by atoms with Crippen molar-refractivity contribution in [2.24, 2.45) is 4.99 Å². The Morgan fingerprint density at radius 2 is 1.87 bits per heavy atom. The summed E-state index contributed by atoms with van der Waals surface area (Å²) in [6, 6.07) is 13.7. The van der Waals surface area contributed by atoms with E-state index in [1.165, 1.54) is 18.2 Å². The van der Waals surface area contributed by atoms with Crippen molar-refractivity contribution in [2.45, 2.75) is 13.1 Å². The van der Waals surface area contributed by atoms with Gasteiger partial charge in [0.25, 0.3) is 0 Å². The van der Waals surface area contributed by atoms with Crippen LogP contribution in [0, 0.1) is 17.1 Å². The first-order valence-corrected chi connectivity index (χ1v) is 7.38. The smallest absolute Gasteiger partial charge is 0.191 e. The second-order valence-electron chi connectivity index (χ2n) is 4.79. The fourth-order valence-corrected chi connectivity index (χ4v) is 2.20. The molecule has 23 heavy (non-hydrogen) atoms. The Bertz CT molecular complexity index is 752. The predicted octanol–water partition coefficient (Wildman–Crippen LogP) is 3.22. The molecule has 0 aliphatic heterocycles. The molecule has 0 atom stereocenters. The van der Waals surface area contributed by atoms with Crippen molar-refractivity contribution in [3.05, 3.63) is 70.0 Å². The van der Waals surface area contributed by atoms with Crippen LogP contribution in [-0.2, 0) is 13.1 Å². The summed E-state index contributed by atoms with van der Waals surface area (Å²) in [6.45, 7) is 0.726. The Kier molecular flexibility index (Phi) is 5.95. The van der Waals surface area contributed by atoms with Crippen molar-refractivity contribution < 1.29 is 4.39 Å². The van der Waals surface area contributed by atoms with Crippen molar-refractivity contribution in [2.75, 3.05) is 7.05 Å². The molecule has 2 aromatic carbocycles. The Hall–Kier alpha value is -2.58. The quantitative estimate of drug-likeness (QED) is 0.668. The highest BCUT2D eigenvalue weighted by Crippen LogP contribution is 2.14. The van der Waals surface area contributed by atoms with Gasteiger partial charge in [-0.15, -0.1) is 0 Å². The van der Waals surface area contributed by atoms with Crippen LogP contribution in [0.15, 0.2) is 47.5 Å². The van der Waals surface area contributed by atoms with Gasteiger partial charge in [0.2, 0.25) is 0 Å². The SMILES string of the molecule is CN=C(NCc1cc(C#N)ccc1F)NCc1ccccc1Cl. The molecule has 2 N–H and O–H groups in total. The summed E-state index contributed by atoms with van der Waals surface area (Å²) in [5, 5.41) is 15.7. The molecule has 0 aromatic heterocycles. The van der Waals surface area contributed by atoms with Gasteiger partial charge in [0.1, 0.15) is 5.82 Å². The van der Waals surface area contributed by atoms with Gasteiger partial charge in [-0.2, -0.15) is 5.26 Å². The van der Waals surface area contributed by atoms with E-state index in [0.717, 1.165) is 5.56 Å². The van der Waals surface area contributed by atoms with Crippen LogP contribution in [0.2, 0.25) is 5.02 Å². The highest BCUT2D eigenvalue weighted by Gasteiger charge is 2.06. The number of rotatable bonds is 4. The van der Waals surface area contributed by atoms with Crippen LogP contribution in [0.5, 0.6) is 0 Å². The average molecular weight is 331 g/mol. The van der Waals surface area contributed by atoms with Gasteiger partial charge in [-0.1, -0.05) is 29.8 Å². The lowest BCUT2D eigenvalue weighted by molar-refractivity contribution is 0.604. The molecule has 0 saturated carbocycles. The Labute approximate surface area is 139 Å². The molecule has 0 bridgehead atoms. The molecule has 0 amide bonds. The molecule has 0 heterocycles. The summed E-state index contributed by atoms with van der Waals surface area (Å²) in [5.74, 6) is 0.157. The van der Waals surface area contributed by atoms with E-state index in [9.17, 15) is 4.39 Å². The number of hydrogen-bond acceptors (Lipinski definition) is 2. The zero-order valence-electron chi connectivity index (χ0n) is 12.6. The average Bonchev–Trinajstić information content (AvgIpc) is 2.57.